The van der Waals surface area contributed by atoms with Crippen LogP contribution in [-0.4, -0.2) is 64.4 Å². The summed E-state index contributed by atoms with van der Waals surface area (Å²) in [5.74, 6) is 0.271. The predicted octanol–water partition coefficient (Wildman–Crippen LogP) is 4.73. The Labute approximate surface area is 185 Å². The third-order valence-corrected chi connectivity index (χ3v) is 5.67. The summed E-state index contributed by atoms with van der Waals surface area (Å²) in [4.78, 5) is 19.1. The molecule has 1 unspecified atom stereocenters. The Bertz CT molecular complexity index is 375. The van der Waals surface area contributed by atoms with E-state index in [2.05, 4.69) is 23.3 Å². The third-order valence-electron chi connectivity index (χ3n) is 5.18. The first-order chi connectivity index (χ1) is 14.3. The van der Waals surface area contributed by atoms with Gasteiger partial charge in [0.25, 0.3) is 0 Å². The minimum Gasteiger partial charge on any atom is -0.395 e. The van der Waals surface area contributed by atoms with Gasteiger partial charge in [-0.2, -0.15) is 0 Å². The molecular weight excluding hydrogens is 405 g/mol. The van der Waals surface area contributed by atoms with Crippen LogP contribution in [0.2, 0.25) is 0 Å². The lowest BCUT2D eigenvalue weighted by atomic mass is 10.0. The highest BCUT2D eigenvalue weighted by atomic mass is 31.2. The SMILES string of the molecule is CCCCC(CC)COP(=O)(O)O.CCCCCCCCCCN(CCO)CCO. The van der Waals surface area contributed by atoms with Gasteiger partial charge < -0.3 is 20.0 Å². The molecule has 0 aliphatic carbocycles. The molecule has 0 heterocycles. The fourth-order valence-corrected chi connectivity index (χ4v) is 3.59. The van der Waals surface area contributed by atoms with Gasteiger partial charge in [0.15, 0.2) is 0 Å². The van der Waals surface area contributed by atoms with Gasteiger partial charge in [0.1, 0.15) is 0 Å². The minimum absolute atomic E-state index is 0.167. The van der Waals surface area contributed by atoms with Crippen molar-refractivity contribution in [3.05, 3.63) is 0 Å². The van der Waals surface area contributed by atoms with Crippen molar-refractivity contribution in [3.63, 3.8) is 0 Å². The van der Waals surface area contributed by atoms with Crippen LogP contribution >= 0.6 is 7.82 Å². The summed E-state index contributed by atoms with van der Waals surface area (Å²) in [5, 5.41) is 17.7. The predicted molar refractivity (Wildman–Crippen MR) is 125 cm³/mol. The van der Waals surface area contributed by atoms with E-state index in [9.17, 15) is 4.57 Å². The van der Waals surface area contributed by atoms with E-state index in [1.54, 1.807) is 0 Å². The molecule has 0 rings (SSSR count). The molecule has 0 aromatic rings. The van der Waals surface area contributed by atoms with E-state index in [-0.39, 0.29) is 25.7 Å². The summed E-state index contributed by atoms with van der Waals surface area (Å²) in [6.07, 6.45) is 14.7. The molecule has 0 bridgehead atoms. The molecule has 0 fully saturated rings. The Morgan fingerprint density at radius 2 is 1.27 bits per heavy atom. The highest BCUT2D eigenvalue weighted by Crippen LogP contribution is 2.36. The van der Waals surface area contributed by atoms with Crippen LogP contribution in [-0.2, 0) is 9.09 Å². The van der Waals surface area contributed by atoms with Crippen molar-refractivity contribution in [3.8, 4) is 0 Å². The third kappa shape index (κ3) is 26.0. The topological polar surface area (TPSA) is 110 Å². The zero-order valence-electron chi connectivity index (χ0n) is 19.8. The fraction of sp³-hybridized carbons (Fsp3) is 1.00. The molecular formula is C22H50NO6P. The molecule has 184 valence electrons. The number of nitrogens with zero attached hydrogens (tertiary/aromatic N) is 1. The summed E-state index contributed by atoms with van der Waals surface area (Å²) in [5.41, 5.74) is 0. The summed E-state index contributed by atoms with van der Waals surface area (Å²) in [6.45, 7) is 9.29. The van der Waals surface area contributed by atoms with Gasteiger partial charge in [-0.25, -0.2) is 4.57 Å². The first-order valence-electron chi connectivity index (χ1n) is 12.0. The van der Waals surface area contributed by atoms with Crippen molar-refractivity contribution in [2.45, 2.75) is 97.8 Å². The van der Waals surface area contributed by atoms with E-state index < -0.39 is 7.82 Å². The zero-order chi connectivity index (χ0) is 23.1. The second-order valence-corrected chi connectivity index (χ2v) is 9.21. The highest BCUT2D eigenvalue weighted by molar-refractivity contribution is 7.46. The van der Waals surface area contributed by atoms with E-state index in [0.717, 1.165) is 32.2 Å². The molecule has 4 N–H and O–H groups in total. The number of unbranched alkanes of at least 4 members (excludes halogenated alkanes) is 8. The van der Waals surface area contributed by atoms with Crippen LogP contribution in [0.25, 0.3) is 0 Å². The number of phosphoric ester groups is 1. The van der Waals surface area contributed by atoms with Crippen molar-refractivity contribution in [1.82, 2.24) is 4.90 Å². The molecule has 7 nitrogen and oxygen atoms in total. The summed E-state index contributed by atoms with van der Waals surface area (Å²) in [7, 11) is -4.26. The number of phosphoric acid groups is 1. The fourth-order valence-electron chi connectivity index (χ4n) is 3.19. The molecule has 0 aliphatic rings. The van der Waals surface area contributed by atoms with Crippen LogP contribution in [0.1, 0.15) is 97.8 Å². The van der Waals surface area contributed by atoms with Gasteiger partial charge in [0.2, 0.25) is 0 Å². The standard InChI is InChI=1S/C14H31NO2.C8H19O4P/c1-2-3-4-5-6-7-8-9-10-15(11-13-16)12-14-17;1-3-5-6-8(4-2)7-12-13(9,10)11/h16-17H,2-14H2,1H3;8H,3-7H2,1-2H3,(H2,9,10,11). The Balaban J connectivity index is 0. The second kappa shape index (κ2) is 23.6. The van der Waals surface area contributed by atoms with Crippen LogP contribution in [0, 0.1) is 5.92 Å². The van der Waals surface area contributed by atoms with Crippen LogP contribution in [0.4, 0.5) is 0 Å². The van der Waals surface area contributed by atoms with Crippen LogP contribution in [0.15, 0.2) is 0 Å². The number of hydrogen-bond donors (Lipinski definition) is 4. The summed E-state index contributed by atoms with van der Waals surface area (Å²) < 4.78 is 14.8. The molecule has 0 saturated carbocycles. The lowest BCUT2D eigenvalue weighted by Crippen LogP contribution is -2.30. The largest absolute Gasteiger partial charge is 0.469 e. The van der Waals surface area contributed by atoms with Crippen molar-refractivity contribution < 1.29 is 29.1 Å². The molecule has 0 aliphatic heterocycles. The van der Waals surface area contributed by atoms with Gasteiger partial charge in [0, 0.05) is 13.1 Å². The van der Waals surface area contributed by atoms with Gasteiger partial charge in [0.05, 0.1) is 19.8 Å². The summed E-state index contributed by atoms with van der Waals surface area (Å²) in [6, 6.07) is 0. The van der Waals surface area contributed by atoms with Gasteiger partial charge in [-0.15, -0.1) is 0 Å². The maximum Gasteiger partial charge on any atom is 0.469 e. The number of rotatable bonds is 20. The smallest absolute Gasteiger partial charge is 0.395 e. The van der Waals surface area contributed by atoms with Crippen molar-refractivity contribution >= 4 is 7.82 Å². The first kappa shape index (κ1) is 32.2. The van der Waals surface area contributed by atoms with Gasteiger partial charge in [-0.3, -0.25) is 9.42 Å². The molecule has 30 heavy (non-hydrogen) atoms. The van der Waals surface area contributed by atoms with E-state index in [4.69, 9.17) is 20.0 Å². The number of hydrogen-bond acceptors (Lipinski definition) is 5. The van der Waals surface area contributed by atoms with Gasteiger partial charge in [-0.05, 0) is 25.3 Å². The van der Waals surface area contributed by atoms with Crippen molar-refractivity contribution in [2.24, 2.45) is 5.92 Å². The normalized spacial score (nSPS) is 12.7. The molecule has 0 radical (unpaired) electrons. The van der Waals surface area contributed by atoms with Gasteiger partial charge >= 0.3 is 7.82 Å². The second-order valence-electron chi connectivity index (χ2n) is 7.97. The maximum atomic E-state index is 10.4. The quantitative estimate of drug-likeness (QED) is 0.155. The Hall–Kier alpha value is -0.0100. The summed E-state index contributed by atoms with van der Waals surface area (Å²) >= 11 is 0. The molecule has 8 heteroatoms. The van der Waals surface area contributed by atoms with Crippen LogP contribution < -0.4 is 0 Å². The van der Waals surface area contributed by atoms with Gasteiger partial charge in [-0.1, -0.05) is 85.0 Å². The molecule has 0 amide bonds. The highest BCUT2D eigenvalue weighted by Gasteiger charge is 2.16. The van der Waals surface area contributed by atoms with Crippen molar-refractivity contribution in [2.75, 3.05) is 39.5 Å². The molecule has 0 aromatic carbocycles. The van der Waals surface area contributed by atoms with E-state index >= 15 is 0 Å². The Morgan fingerprint density at radius 3 is 1.70 bits per heavy atom. The monoisotopic (exact) mass is 455 g/mol. The molecule has 1 atom stereocenters. The molecule has 0 saturated heterocycles. The average molecular weight is 456 g/mol. The maximum absolute atomic E-state index is 10.4. The average Bonchev–Trinajstić information content (AvgIpc) is 2.70. The molecule has 0 spiro atoms. The van der Waals surface area contributed by atoms with Crippen molar-refractivity contribution in [1.29, 1.82) is 0 Å². The number of aliphatic hydroxyl groups excluding tert-OH is 2. The van der Waals surface area contributed by atoms with Crippen LogP contribution in [0.5, 0.6) is 0 Å². The Morgan fingerprint density at radius 1 is 0.767 bits per heavy atom. The lowest BCUT2D eigenvalue weighted by molar-refractivity contribution is 0.159. The zero-order valence-corrected chi connectivity index (χ0v) is 20.7. The first-order valence-corrected chi connectivity index (χ1v) is 13.5. The number of aliphatic hydroxyl groups is 2. The lowest BCUT2D eigenvalue weighted by Gasteiger charge is -2.19. The molecule has 0 aromatic heterocycles. The van der Waals surface area contributed by atoms with E-state index in [0.29, 0.717) is 13.1 Å². The Kier molecular flexibility index (Phi) is 25.4. The minimum atomic E-state index is -4.26. The van der Waals surface area contributed by atoms with Crippen LogP contribution in [0.3, 0.4) is 0 Å². The van der Waals surface area contributed by atoms with E-state index in [1.165, 1.54) is 51.4 Å². The van der Waals surface area contributed by atoms with E-state index in [1.807, 2.05) is 6.92 Å².